The summed E-state index contributed by atoms with van der Waals surface area (Å²) in [6, 6.07) is 0. The molecule has 0 amide bonds. The first-order chi connectivity index (χ1) is 2.00. The molecule has 4 nitrogen and oxygen atoms in total. The van der Waals surface area contributed by atoms with Gasteiger partial charge in [-0.25, -0.2) is 0 Å². The molecule has 0 aliphatic heterocycles. The molecule has 0 fully saturated rings. The average Bonchev–Trinajstić information content (AvgIpc) is 0.722. The molecule has 9 heavy (non-hydrogen) atoms. The molecule has 0 aromatic rings. The predicted octanol–water partition coefficient (Wildman–Crippen LogP) is -0.660. The molecule has 9 heteroatoms. The maximum Gasteiger partial charge on any atom is 0.394 e. The van der Waals surface area contributed by atoms with Crippen LogP contribution in [-0.2, 0) is 79.4 Å². The van der Waals surface area contributed by atoms with Crippen molar-refractivity contribution in [3.8, 4) is 0 Å². The largest absolute Gasteiger partial charge is 0.394 e. The molecule has 0 saturated carbocycles. The first-order valence-electron chi connectivity index (χ1n) is 0.698. The van der Waals surface area contributed by atoms with Gasteiger partial charge < -0.3 is 0 Å². The van der Waals surface area contributed by atoms with Crippen LogP contribution in [0.3, 0.4) is 0 Å². The Bertz CT molecular complexity index is 104. The zero-order valence-corrected chi connectivity index (χ0v) is 14.9. The Morgan fingerprint density at radius 2 is 1.11 bits per heavy atom. The van der Waals surface area contributed by atoms with E-state index in [9.17, 15) is 0 Å². The van der Waals surface area contributed by atoms with Crippen LogP contribution in [0, 0.1) is 41.7 Å². The molecule has 0 bridgehead atoms. The first kappa shape index (κ1) is 29.4. The van der Waals surface area contributed by atoms with Gasteiger partial charge in [0.05, 0.1) is 0 Å². The summed E-state index contributed by atoms with van der Waals surface area (Å²) in [5.41, 5.74) is 0. The zero-order valence-electron chi connectivity index (χ0n) is 4.03. The molecule has 0 aliphatic carbocycles. The van der Waals surface area contributed by atoms with Gasteiger partial charge in [0, 0.05) is 111 Å². The second-order valence-electron chi connectivity index (χ2n) is 0.448. The van der Waals surface area contributed by atoms with Crippen molar-refractivity contribution in [3.63, 3.8) is 0 Å². The van der Waals surface area contributed by atoms with Crippen molar-refractivity contribution in [2.75, 3.05) is 0 Å². The van der Waals surface area contributed by atoms with Crippen LogP contribution in [-0.4, -0.2) is 17.5 Å². The third-order valence-corrected chi connectivity index (χ3v) is 0. The van der Waals surface area contributed by atoms with Crippen molar-refractivity contribution in [1.29, 1.82) is 0 Å². The second-order valence-corrected chi connectivity index (χ2v) is 1.34. The van der Waals surface area contributed by atoms with E-state index in [0.717, 1.165) is 0 Å². The fraction of sp³-hybridized carbons (Fsp3) is 0. The van der Waals surface area contributed by atoms with Crippen LogP contribution in [0.1, 0.15) is 0 Å². The second kappa shape index (κ2) is 14.1. The van der Waals surface area contributed by atoms with E-state index in [1.165, 1.54) is 0 Å². The van der Waals surface area contributed by atoms with E-state index in [1.54, 1.807) is 0 Å². The molecule has 0 spiro atoms. The average molecular weight is 561 g/mol. The summed E-state index contributed by atoms with van der Waals surface area (Å²) in [4.78, 5) is 0. The number of hydrogen-bond donors (Lipinski definition) is 2. The van der Waals surface area contributed by atoms with E-state index >= 15 is 0 Å². The minimum absolute atomic E-state index is 0. The molecule has 0 unspecified atom stereocenters. The van der Waals surface area contributed by atoms with Gasteiger partial charge in [0.15, 0.2) is 0 Å². The summed E-state index contributed by atoms with van der Waals surface area (Å²) in [6.07, 6.45) is 0. The van der Waals surface area contributed by atoms with E-state index in [2.05, 4.69) is 0 Å². The Kier molecular flexibility index (Phi) is 46.0. The monoisotopic (exact) mass is 560 g/mol. The Morgan fingerprint density at radius 1 is 1.11 bits per heavy atom. The summed E-state index contributed by atoms with van der Waals surface area (Å²) < 4.78 is 31.6. The van der Waals surface area contributed by atoms with Gasteiger partial charge in [0.25, 0.3) is 0 Å². The van der Waals surface area contributed by atoms with E-state index in [0.29, 0.717) is 0 Å². The van der Waals surface area contributed by atoms with Gasteiger partial charge in [-0.15, -0.1) is 0 Å². The van der Waals surface area contributed by atoms with Crippen LogP contribution in [0.5, 0.6) is 0 Å². The Morgan fingerprint density at radius 3 is 1.11 bits per heavy atom. The minimum atomic E-state index is -4.67. The standard InChI is InChI=1S/Ce.H2O4S.Ti.W.Zr/c;1-5(2,3)4;;;/h;(H2,1,2,3,4);;;. The van der Waals surface area contributed by atoms with Gasteiger partial charge in [0.1, 0.15) is 0 Å². The maximum absolute atomic E-state index is 8.74. The molecule has 0 radical (unpaired) electrons. The number of hydrogen-bond acceptors (Lipinski definition) is 2. The Balaban J connectivity index is -0.0000000133. The molecular weight excluding hydrogens is 559 g/mol. The molecule has 0 aromatic heterocycles. The van der Waals surface area contributed by atoms with Gasteiger partial charge in [-0.2, -0.15) is 8.42 Å². The SMILES string of the molecule is O=S(=O)(O)O.[Ce].[Ti].[W].[Zr]. The van der Waals surface area contributed by atoms with E-state index < -0.39 is 10.4 Å². The molecule has 50 valence electrons. The quantitative estimate of drug-likeness (QED) is 0.305. The summed E-state index contributed by atoms with van der Waals surface area (Å²) >= 11 is 0. The van der Waals surface area contributed by atoms with Crippen molar-refractivity contribution >= 4 is 10.4 Å². The van der Waals surface area contributed by atoms with Gasteiger partial charge >= 0.3 is 10.4 Å². The van der Waals surface area contributed by atoms with Crippen molar-refractivity contribution in [1.82, 2.24) is 0 Å². The van der Waals surface area contributed by atoms with Crippen LogP contribution in [0.25, 0.3) is 0 Å². The van der Waals surface area contributed by atoms with Gasteiger partial charge in [-0.05, 0) is 0 Å². The maximum atomic E-state index is 8.74. The van der Waals surface area contributed by atoms with Crippen LogP contribution >= 0.6 is 0 Å². The third kappa shape index (κ3) is 84.0. The van der Waals surface area contributed by atoms with Gasteiger partial charge in [-0.3, -0.25) is 9.11 Å². The van der Waals surface area contributed by atoms with E-state index in [4.69, 9.17) is 17.5 Å². The van der Waals surface area contributed by atoms with Crippen molar-refractivity contribution in [2.24, 2.45) is 0 Å². The van der Waals surface area contributed by atoms with E-state index in [1.807, 2.05) is 0 Å². The molecule has 0 aromatic carbocycles. The Labute approximate surface area is 136 Å². The molecule has 0 heterocycles. The summed E-state index contributed by atoms with van der Waals surface area (Å²) in [5, 5.41) is 0. The van der Waals surface area contributed by atoms with Crippen LogP contribution in [0.15, 0.2) is 0 Å². The Hall–Kier alpha value is 3.53. The van der Waals surface area contributed by atoms with Crippen molar-refractivity contribution in [2.45, 2.75) is 0 Å². The van der Waals surface area contributed by atoms with Gasteiger partial charge in [-0.1, -0.05) is 0 Å². The van der Waals surface area contributed by atoms with Gasteiger partial charge in [0.2, 0.25) is 0 Å². The topological polar surface area (TPSA) is 74.6 Å². The minimum Gasteiger partial charge on any atom is -0.264 e. The van der Waals surface area contributed by atoms with Crippen LogP contribution in [0.2, 0.25) is 0 Å². The summed E-state index contributed by atoms with van der Waals surface area (Å²) in [5.74, 6) is 0. The number of rotatable bonds is 0. The fourth-order valence-corrected chi connectivity index (χ4v) is 0. The van der Waals surface area contributed by atoms with Crippen molar-refractivity contribution < 1.29 is 128 Å². The predicted molar refractivity (Wildman–Crippen MR) is 14.2 cm³/mol. The van der Waals surface area contributed by atoms with Crippen molar-refractivity contribution in [3.05, 3.63) is 0 Å². The first-order valence-corrected chi connectivity index (χ1v) is 2.10. The summed E-state index contributed by atoms with van der Waals surface area (Å²) in [7, 11) is -4.67. The molecule has 0 saturated heterocycles. The summed E-state index contributed by atoms with van der Waals surface area (Å²) in [6.45, 7) is 0. The molecular formula is H2CeO4STiWZr. The van der Waals surface area contributed by atoms with Crippen LogP contribution < -0.4 is 0 Å². The zero-order chi connectivity index (χ0) is 4.50. The molecule has 0 rings (SSSR count). The van der Waals surface area contributed by atoms with Crippen LogP contribution in [0.4, 0.5) is 0 Å². The molecule has 2 N–H and O–H groups in total. The normalized spacial score (nSPS) is 6.44. The van der Waals surface area contributed by atoms with E-state index in [-0.39, 0.29) is 111 Å². The smallest absolute Gasteiger partial charge is 0.264 e. The molecule has 0 aliphatic rings. The third-order valence-electron chi connectivity index (χ3n) is 0. The fourth-order valence-electron chi connectivity index (χ4n) is 0. The molecule has 0 atom stereocenters.